The van der Waals surface area contributed by atoms with Crippen LogP contribution in [0.4, 0.5) is 11.4 Å². The van der Waals surface area contributed by atoms with E-state index in [-0.39, 0.29) is 6.10 Å². The molecule has 16 heavy (non-hydrogen) atoms. The number of anilines is 2. The zero-order valence-electron chi connectivity index (χ0n) is 10.6. The molecule has 0 bridgehead atoms. The lowest BCUT2D eigenvalue weighted by molar-refractivity contribution is 0.189. The van der Waals surface area contributed by atoms with Gasteiger partial charge >= 0.3 is 0 Å². The van der Waals surface area contributed by atoms with Gasteiger partial charge in [0, 0.05) is 32.0 Å². The molecule has 90 valence electrons. The number of aliphatic hydroxyl groups is 1. The first-order valence-corrected chi connectivity index (χ1v) is 5.70. The van der Waals surface area contributed by atoms with E-state index in [0.717, 1.165) is 18.7 Å². The molecule has 1 atom stereocenters. The van der Waals surface area contributed by atoms with Crippen molar-refractivity contribution < 1.29 is 5.11 Å². The number of rotatable bonds is 5. The average Bonchev–Trinajstić information content (AvgIpc) is 2.19. The van der Waals surface area contributed by atoms with Crippen LogP contribution in [0.3, 0.4) is 0 Å². The Morgan fingerprint density at radius 2 is 2.06 bits per heavy atom. The zero-order valence-corrected chi connectivity index (χ0v) is 10.6. The maximum atomic E-state index is 9.17. The minimum absolute atomic E-state index is 0.244. The molecule has 0 spiro atoms. The first-order valence-electron chi connectivity index (χ1n) is 5.70. The highest BCUT2D eigenvalue weighted by Crippen LogP contribution is 2.22. The minimum Gasteiger partial charge on any atom is -0.393 e. The van der Waals surface area contributed by atoms with Crippen molar-refractivity contribution in [1.82, 2.24) is 0 Å². The summed E-state index contributed by atoms with van der Waals surface area (Å²) in [5, 5.41) is 12.5. The predicted octanol–water partition coefficient (Wildman–Crippen LogP) is 2.24. The van der Waals surface area contributed by atoms with Crippen molar-refractivity contribution in [2.45, 2.75) is 26.4 Å². The van der Waals surface area contributed by atoms with Crippen molar-refractivity contribution in [3.05, 3.63) is 23.8 Å². The van der Waals surface area contributed by atoms with Gasteiger partial charge in [-0.05, 0) is 38.0 Å². The number of nitrogens with one attached hydrogen (secondary N) is 1. The zero-order chi connectivity index (χ0) is 12.1. The van der Waals surface area contributed by atoms with Crippen molar-refractivity contribution in [3.8, 4) is 0 Å². The lowest BCUT2D eigenvalue weighted by atomic mass is 10.1. The number of aryl methyl sites for hydroxylation is 1. The first-order chi connectivity index (χ1) is 7.50. The molecule has 1 unspecified atom stereocenters. The fourth-order valence-corrected chi connectivity index (χ4v) is 1.63. The van der Waals surface area contributed by atoms with E-state index >= 15 is 0 Å². The van der Waals surface area contributed by atoms with Crippen LogP contribution in [-0.2, 0) is 0 Å². The van der Waals surface area contributed by atoms with Crippen LogP contribution in [0.2, 0.25) is 0 Å². The molecule has 0 amide bonds. The number of aliphatic hydroxyl groups excluding tert-OH is 1. The maximum Gasteiger partial charge on any atom is 0.0528 e. The summed E-state index contributed by atoms with van der Waals surface area (Å²) in [6.45, 7) is 4.71. The summed E-state index contributed by atoms with van der Waals surface area (Å²) in [4.78, 5) is 2.11. The van der Waals surface area contributed by atoms with E-state index in [1.165, 1.54) is 11.3 Å². The van der Waals surface area contributed by atoms with E-state index in [1.54, 1.807) is 0 Å². The fraction of sp³-hybridized carbons (Fsp3) is 0.538. The minimum atomic E-state index is -0.244. The molecule has 0 heterocycles. The SMILES string of the molecule is Cc1ccc(NCCC(C)O)cc1N(C)C. The Balaban J connectivity index is 2.64. The fourth-order valence-electron chi connectivity index (χ4n) is 1.63. The van der Waals surface area contributed by atoms with Crippen LogP contribution in [0.25, 0.3) is 0 Å². The van der Waals surface area contributed by atoms with Gasteiger partial charge in [-0.3, -0.25) is 0 Å². The van der Waals surface area contributed by atoms with E-state index < -0.39 is 0 Å². The molecule has 0 aromatic heterocycles. The number of hydrogen-bond donors (Lipinski definition) is 2. The van der Waals surface area contributed by atoms with Crippen LogP contribution in [0.5, 0.6) is 0 Å². The predicted molar refractivity (Wildman–Crippen MR) is 70.3 cm³/mol. The highest BCUT2D eigenvalue weighted by atomic mass is 16.3. The van der Waals surface area contributed by atoms with Gasteiger partial charge in [-0.2, -0.15) is 0 Å². The summed E-state index contributed by atoms with van der Waals surface area (Å²) in [6, 6.07) is 6.32. The molecule has 0 saturated heterocycles. The van der Waals surface area contributed by atoms with Crippen molar-refractivity contribution in [1.29, 1.82) is 0 Å². The molecular weight excluding hydrogens is 200 g/mol. The van der Waals surface area contributed by atoms with Gasteiger partial charge in [0.15, 0.2) is 0 Å². The van der Waals surface area contributed by atoms with Crippen LogP contribution in [0, 0.1) is 6.92 Å². The largest absolute Gasteiger partial charge is 0.393 e. The van der Waals surface area contributed by atoms with Crippen LogP contribution in [-0.4, -0.2) is 31.9 Å². The van der Waals surface area contributed by atoms with Crippen LogP contribution < -0.4 is 10.2 Å². The van der Waals surface area contributed by atoms with E-state index in [9.17, 15) is 0 Å². The summed E-state index contributed by atoms with van der Waals surface area (Å²) in [5.41, 5.74) is 3.60. The van der Waals surface area contributed by atoms with Gasteiger partial charge in [-0.15, -0.1) is 0 Å². The summed E-state index contributed by atoms with van der Waals surface area (Å²) in [7, 11) is 4.09. The Hall–Kier alpha value is -1.22. The monoisotopic (exact) mass is 222 g/mol. The van der Waals surface area contributed by atoms with E-state index in [0.29, 0.717) is 0 Å². The molecule has 0 aliphatic heterocycles. The van der Waals surface area contributed by atoms with Crippen LogP contribution in [0.15, 0.2) is 18.2 Å². The van der Waals surface area contributed by atoms with Gasteiger partial charge in [-0.25, -0.2) is 0 Å². The van der Waals surface area contributed by atoms with Crippen molar-refractivity contribution >= 4 is 11.4 Å². The third kappa shape index (κ3) is 3.74. The number of benzene rings is 1. The Bertz CT molecular complexity index is 335. The standard InChI is InChI=1S/C13H22N2O/c1-10-5-6-12(9-13(10)15(3)4)14-8-7-11(2)16/h5-6,9,11,14,16H,7-8H2,1-4H3. The molecule has 0 fully saturated rings. The molecule has 1 rings (SSSR count). The summed E-state index contributed by atoms with van der Waals surface area (Å²) < 4.78 is 0. The second-order valence-electron chi connectivity index (χ2n) is 4.46. The Labute approximate surface area is 98.1 Å². The molecular formula is C13H22N2O. The Morgan fingerprint density at radius 1 is 1.38 bits per heavy atom. The molecule has 2 N–H and O–H groups in total. The van der Waals surface area contributed by atoms with Gasteiger partial charge in [0.05, 0.1) is 6.10 Å². The molecule has 0 radical (unpaired) electrons. The Morgan fingerprint density at radius 3 is 2.62 bits per heavy atom. The van der Waals surface area contributed by atoms with E-state index in [4.69, 9.17) is 5.11 Å². The molecule has 0 aliphatic carbocycles. The van der Waals surface area contributed by atoms with Crippen LogP contribution in [0.1, 0.15) is 18.9 Å². The average molecular weight is 222 g/mol. The molecule has 3 heteroatoms. The number of nitrogens with zero attached hydrogens (tertiary/aromatic N) is 1. The molecule has 1 aromatic carbocycles. The normalized spacial score (nSPS) is 12.3. The highest BCUT2D eigenvalue weighted by Gasteiger charge is 2.02. The second-order valence-corrected chi connectivity index (χ2v) is 4.46. The summed E-state index contributed by atoms with van der Waals surface area (Å²) in [6.07, 6.45) is 0.525. The van der Waals surface area contributed by atoms with E-state index in [2.05, 4.69) is 35.3 Å². The third-order valence-corrected chi connectivity index (χ3v) is 2.58. The second kappa shape index (κ2) is 5.75. The molecule has 0 saturated carbocycles. The first kappa shape index (κ1) is 12.8. The highest BCUT2D eigenvalue weighted by molar-refractivity contribution is 5.61. The topological polar surface area (TPSA) is 35.5 Å². The smallest absolute Gasteiger partial charge is 0.0528 e. The van der Waals surface area contributed by atoms with Gasteiger partial charge < -0.3 is 15.3 Å². The van der Waals surface area contributed by atoms with Crippen LogP contribution >= 0.6 is 0 Å². The van der Waals surface area contributed by atoms with E-state index in [1.807, 2.05) is 21.0 Å². The van der Waals surface area contributed by atoms with Crippen molar-refractivity contribution in [3.63, 3.8) is 0 Å². The Kier molecular flexibility index (Phi) is 4.62. The van der Waals surface area contributed by atoms with Gasteiger partial charge in [-0.1, -0.05) is 6.07 Å². The lowest BCUT2D eigenvalue weighted by Crippen LogP contribution is -2.12. The molecule has 0 aliphatic rings. The van der Waals surface area contributed by atoms with Gasteiger partial charge in [0.25, 0.3) is 0 Å². The van der Waals surface area contributed by atoms with Gasteiger partial charge in [0.1, 0.15) is 0 Å². The third-order valence-electron chi connectivity index (χ3n) is 2.58. The summed E-state index contributed by atoms with van der Waals surface area (Å²) in [5.74, 6) is 0. The summed E-state index contributed by atoms with van der Waals surface area (Å²) >= 11 is 0. The lowest BCUT2D eigenvalue weighted by Gasteiger charge is -2.17. The maximum absolute atomic E-state index is 9.17. The quantitative estimate of drug-likeness (QED) is 0.802. The van der Waals surface area contributed by atoms with Gasteiger partial charge in [0.2, 0.25) is 0 Å². The van der Waals surface area contributed by atoms with Crippen molar-refractivity contribution in [2.24, 2.45) is 0 Å². The molecule has 3 nitrogen and oxygen atoms in total. The number of hydrogen-bond acceptors (Lipinski definition) is 3. The van der Waals surface area contributed by atoms with Crippen molar-refractivity contribution in [2.75, 3.05) is 30.9 Å². The molecule has 1 aromatic rings.